The van der Waals surface area contributed by atoms with Crippen molar-refractivity contribution in [2.45, 2.75) is 19.9 Å². The maximum absolute atomic E-state index is 11.8. The van der Waals surface area contributed by atoms with Crippen LogP contribution in [0.2, 0.25) is 0 Å². The largest absolute Gasteiger partial charge is 0.363 e. The molecule has 4 N–H and O–H groups in total. The first-order valence-corrected chi connectivity index (χ1v) is 5.91. The van der Waals surface area contributed by atoms with Gasteiger partial charge in [-0.05, 0) is 24.1 Å². The molecule has 1 saturated heterocycles. The number of carbonyl (C=O) groups excluding carboxylic acids is 1. The van der Waals surface area contributed by atoms with E-state index in [9.17, 15) is 4.79 Å². The number of carbonyl (C=O) groups is 1. The molecule has 2 heterocycles. The van der Waals surface area contributed by atoms with Crippen LogP contribution >= 0.6 is 0 Å². The summed E-state index contributed by atoms with van der Waals surface area (Å²) in [5.74, 6) is 0. The van der Waals surface area contributed by atoms with Crippen molar-refractivity contribution in [1.82, 2.24) is 15.2 Å². The van der Waals surface area contributed by atoms with E-state index in [1.54, 1.807) is 0 Å². The molecule has 1 unspecified atom stereocenters. The third kappa shape index (κ3) is 2.61. The van der Waals surface area contributed by atoms with Crippen LogP contribution < -0.4 is 11.1 Å². The Hall–Kier alpha value is -1.49. The van der Waals surface area contributed by atoms with E-state index >= 15 is 0 Å². The van der Waals surface area contributed by atoms with Gasteiger partial charge in [-0.15, -0.1) is 0 Å². The van der Waals surface area contributed by atoms with Gasteiger partial charge in [-0.2, -0.15) is 0 Å². The highest BCUT2D eigenvalue weighted by Gasteiger charge is 2.33. The number of nitrogens with one attached hydrogen (secondary N) is 2. The Bertz CT molecular complexity index is 385. The minimum absolute atomic E-state index is 0.00822. The molecule has 0 radical (unpaired) electrons. The molecule has 0 spiro atoms. The summed E-state index contributed by atoms with van der Waals surface area (Å²) in [5, 5.41) is 2.97. The van der Waals surface area contributed by atoms with Gasteiger partial charge in [0.05, 0.1) is 6.04 Å². The number of nitrogens with zero attached hydrogens (tertiary/aromatic N) is 1. The standard InChI is InChI=1S/C12H20N4O/c1-12(2,7-13)8-16-6-10(15-11(16)17)9-4-3-5-14-9/h3-5,10,14H,6-8,13H2,1-2H3,(H,15,17). The Morgan fingerprint density at radius 1 is 1.59 bits per heavy atom. The average molecular weight is 236 g/mol. The molecule has 0 saturated carbocycles. The van der Waals surface area contributed by atoms with Crippen LogP contribution in [0.3, 0.4) is 0 Å². The van der Waals surface area contributed by atoms with E-state index in [0.717, 1.165) is 5.69 Å². The maximum Gasteiger partial charge on any atom is 0.318 e. The fourth-order valence-corrected chi connectivity index (χ4v) is 2.04. The zero-order valence-corrected chi connectivity index (χ0v) is 10.4. The number of aromatic nitrogens is 1. The van der Waals surface area contributed by atoms with Crippen molar-refractivity contribution in [3.05, 3.63) is 24.0 Å². The van der Waals surface area contributed by atoms with E-state index in [1.165, 1.54) is 0 Å². The quantitative estimate of drug-likeness (QED) is 0.731. The van der Waals surface area contributed by atoms with Crippen LogP contribution in [-0.4, -0.2) is 35.5 Å². The number of hydrogen-bond acceptors (Lipinski definition) is 2. The van der Waals surface area contributed by atoms with Gasteiger partial charge in [-0.1, -0.05) is 13.8 Å². The summed E-state index contributed by atoms with van der Waals surface area (Å²) < 4.78 is 0. The molecular weight excluding hydrogens is 216 g/mol. The Kier molecular flexibility index (Phi) is 3.11. The normalized spacial score (nSPS) is 20.8. The van der Waals surface area contributed by atoms with Crippen LogP contribution in [0.1, 0.15) is 25.6 Å². The summed E-state index contributed by atoms with van der Waals surface area (Å²) in [5.41, 5.74) is 6.70. The van der Waals surface area contributed by atoms with Gasteiger partial charge in [0.25, 0.3) is 0 Å². The van der Waals surface area contributed by atoms with E-state index in [2.05, 4.69) is 24.1 Å². The number of urea groups is 1. The third-order valence-electron chi connectivity index (χ3n) is 3.16. The lowest BCUT2D eigenvalue weighted by molar-refractivity contribution is 0.191. The van der Waals surface area contributed by atoms with Crippen LogP contribution in [0.15, 0.2) is 18.3 Å². The molecule has 1 aliphatic rings. The highest BCUT2D eigenvalue weighted by molar-refractivity contribution is 5.77. The monoisotopic (exact) mass is 236 g/mol. The maximum atomic E-state index is 11.8. The second-order valence-corrected chi connectivity index (χ2v) is 5.38. The topological polar surface area (TPSA) is 74.2 Å². The minimum Gasteiger partial charge on any atom is -0.363 e. The van der Waals surface area contributed by atoms with E-state index in [1.807, 2.05) is 23.2 Å². The molecule has 94 valence electrons. The third-order valence-corrected chi connectivity index (χ3v) is 3.16. The molecule has 2 rings (SSSR count). The molecule has 1 aromatic rings. The fraction of sp³-hybridized carbons (Fsp3) is 0.583. The molecule has 5 nitrogen and oxygen atoms in total. The molecule has 17 heavy (non-hydrogen) atoms. The highest BCUT2D eigenvalue weighted by Crippen LogP contribution is 2.23. The number of nitrogens with two attached hydrogens (primary N) is 1. The minimum atomic E-state index is -0.0397. The number of aromatic amines is 1. The molecule has 0 aliphatic carbocycles. The Labute approximate surface area is 101 Å². The molecule has 1 aliphatic heterocycles. The molecule has 5 heteroatoms. The predicted molar refractivity (Wildman–Crippen MR) is 66.5 cm³/mol. The average Bonchev–Trinajstić information content (AvgIpc) is 2.89. The molecule has 2 amide bonds. The number of hydrogen-bond donors (Lipinski definition) is 3. The van der Waals surface area contributed by atoms with Crippen molar-refractivity contribution >= 4 is 6.03 Å². The lowest BCUT2D eigenvalue weighted by atomic mass is 9.93. The van der Waals surface area contributed by atoms with Crippen molar-refractivity contribution in [3.63, 3.8) is 0 Å². The summed E-state index contributed by atoms with van der Waals surface area (Å²) in [6, 6.07) is 3.98. The predicted octanol–water partition coefficient (Wildman–Crippen LogP) is 1.07. The Morgan fingerprint density at radius 2 is 2.35 bits per heavy atom. The zero-order chi connectivity index (χ0) is 12.5. The molecule has 1 aromatic heterocycles. The van der Waals surface area contributed by atoms with Crippen LogP contribution in [0.4, 0.5) is 4.79 Å². The molecular formula is C12H20N4O. The first-order valence-electron chi connectivity index (χ1n) is 5.91. The lowest BCUT2D eigenvalue weighted by Crippen LogP contribution is -2.40. The SMILES string of the molecule is CC(C)(CN)CN1CC(c2ccc[nH]2)NC1=O. The van der Waals surface area contributed by atoms with Crippen molar-refractivity contribution < 1.29 is 4.79 Å². The van der Waals surface area contributed by atoms with Gasteiger partial charge < -0.3 is 20.9 Å². The number of H-pyrrole nitrogens is 1. The van der Waals surface area contributed by atoms with Gasteiger partial charge >= 0.3 is 6.03 Å². The van der Waals surface area contributed by atoms with E-state index < -0.39 is 0 Å². The lowest BCUT2D eigenvalue weighted by Gasteiger charge is -2.28. The van der Waals surface area contributed by atoms with Crippen LogP contribution in [0, 0.1) is 5.41 Å². The van der Waals surface area contributed by atoms with Gasteiger partial charge in [0.2, 0.25) is 0 Å². The van der Waals surface area contributed by atoms with Crippen LogP contribution in [-0.2, 0) is 0 Å². The smallest absolute Gasteiger partial charge is 0.318 e. The van der Waals surface area contributed by atoms with E-state index in [-0.39, 0.29) is 17.5 Å². The molecule has 1 fully saturated rings. The van der Waals surface area contributed by atoms with Gasteiger partial charge in [0.15, 0.2) is 0 Å². The first kappa shape index (κ1) is 12.0. The summed E-state index contributed by atoms with van der Waals surface area (Å²) in [6.07, 6.45) is 1.87. The van der Waals surface area contributed by atoms with Crippen molar-refractivity contribution in [1.29, 1.82) is 0 Å². The summed E-state index contributed by atoms with van der Waals surface area (Å²) in [7, 11) is 0. The highest BCUT2D eigenvalue weighted by atomic mass is 16.2. The Morgan fingerprint density at radius 3 is 2.94 bits per heavy atom. The second kappa shape index (κ2) is 4.41. The molecule has 1 atom stereocenters. The van der Waals surface area contributed by atoms with Gasteiger partial charge in [-0.3, -0.25) is 0 Å². The van der Waals surface area contributed by atoms with Crippen molar-refractivity contribution in [2.24, 2.45) is 11.1 Å². The fourth-order valence-electron chi connectivity index (χ4n) is 2.04. The molecule has 0 aromatic carbocycles. The Balaban J connectivity index is 2.01. The summed E-state index contributed by atoms with van der Waals surface area (Å²) in [4.78, 5) is 16.8. The summed E-state index contributed by atoms with van der Waals surface area (Å²) in [6.45, 7) is 6.10. The number of rotatable bonds is 4. The number of amides is 2. The summed E-state index contributed by atoms with van der Waals surface area (Å²) >= 11 is 0. The van der Waals surface area contributed by atoms with Gasteiger partial charge in [0.1, 0.15) is 0 Å². The molecule has 0 bridgehead atoms. The van der Waals surface area contributed by atoms with Crippen molar-refractivity contribution in [3.8, 4) is 0 Å². The van der Waals surface area contributed by atoms with Gasteiger partial charge in [0, 0.05) is 25.0 Å². The van der Waals surface area contributed by atoms with E-state index in [0.29, 0.717) is 19.6 Å². The van der Waals surface area contributed by atoms with Crippen LogP contribution in [0.5, 0.6) is 0 Å². The first-order chi connectivity index (χ1) is 8.02. The zero-order valence-electron chi connectivity index (χ0n) is 10.4. The van der Waals surface area contributed by atoms with Crippen LogP contribution in [0.25, 0.3) is 0 Å². The van der Waals surface area contributed by atoms with E-state index in [4.69, 9.17) is 5.73 Å². The van der Waals surface area contributed by atoms with Gasteiger partial charge in [-0.25, -0.2) is 4.79 Å². The van der Waals surface area contributed by atoms with Crippen molar-refractivity contribution in [2.75, 3.05) is 19.6 Å². The second-order valence-electron chi connectivity index (χ2n) is 5.38.